The summed E-state index contributed by atoms with van der Waals surface area (Å²) in [5, 5.41) is 11.4. The molecular weight excluding hydrogens is 288 g/mol. The molecule has 0 unspecified atom stereocenters. The number of hydrogen-bond donors (Lipinski definition) is 0. The van der Waals surface area contributed by atoms with Crippen LogP contribution in [-0.2, 0) is 6.42 Å². The van der Waals surface area contributed by atoms with Crippen LogP contribution >= 0.6 is 0 Å². The Labute approximate surface area is 137 Å². The van der Waals surface area contributed by atoms with E-state index in [0.29, 0.717) is 16.2 Å². The maximum Gasteiger partial charge on any atom is 0.259 e. The average molecular weight is 310 g/mol. The molecule has 4 heteroatoms. The molecule has 4 nitrogen and oxygen atoms in total. The summed E-state index contributed by atoms with van der Waals surface area (Å²) in [7, 11) is 0. The Morgan fingerprint density at radius 1 is 1.30 bits per heavy atom. The first kappa shape index (κ1) is 15.5. The minimum absolute atomic E-state index is 0.0381. The van der Waals surface area contributed by atoms with Gasteiger partial charge in [-0.25, -0.2) is 0 Å². The number of benzene rings is 1. The van der Waals surface area contributed by atoms with Crippen LogP contribution in [0.3, 0.4) is 0 Å². The maximum atomic E-state index is 12.6. The third-order valence-electron chi connectivity index (χ3n) is 4.47. The lowest BCUT2D eigenvalue weighted by molar-refractivity contribution is -0.605. The van der Waals surface area contributed by atoms with E-state index in [4.69, 9.17) is 0 Å². The molecule has 0 radical (unpaired) electrons. The SMILES string of the molecule is Cc1ccc(C[C@@H]2CCCN(C(=O)c3ccc[n+]([O-])c3)C2)cc1. The molecule has 1 fully saturated rings. The first-order valence-corrected chi connectivity index (χ1v) is 8.15. The third-order valence-corrected chi connectivity index (χ3v) is 4.47. The van der Waals surface area contributed by atoms with Gasteiger partial charge >= 0.3 is 0 Å². The molecule has 2 aromatic rings. The summed E-state index contributed by atoms with van der Waals surface area (Å²) < 4.78 is 0.682. The van der Waals surface area contributed by atoms with E-state index in [1.165, 1.54) is 23.5 Å². The Morgan fingerprint density at radius 3 is 2.83 bits per heavy atom. The van der Waals surface area contributed by atoms with Gasteiger partial charge in [0.25, 0.3) is 5.91 Å². The Kier molecular flexibility index (Phi) is 4.60. The maximum absolute atomic E-state index is 12.6. The van der Waals surface area contributed by atoms with Gasteiger partial charge in [-0.05, 0) is 43.7 Å². The lowest BCUT2D eigenvalue weighted by Crippen LogP contribution is -2.41. The van der Waals surface area contributed by atoms with E-state index in [0.717, 1.165) is 32.4 Å². The highest BCUT2D eigenvalue weighted by Crippen LogP contribution is 2.22. The number of nitrogens with zero attached hydrogens (tertiary/aromatic N) is 2. The fraction of sp³-hybridized carbons (Fsp3) is 0.368. The summed E-state index contributed by atoms with van der Waals surface area (Å²) in [6, 6.07) is 12.0. The number of rotatable bonds is 3. The molecular formula is C19H22N2O2. The number of carbonyl (C=O) groups excluding carboxylic acids is 1. The van der Waals surface area contributed by atoms with Crippen LogP contribution in [0.5, 0.6) is 0 Å². The smallest absolute Gasteiger partial charge is 0.259 e. The molecule has 1 saturated heterocycles. The van der Waals surface area contributed by atoms with Gasteiger partial charge in [-0.2, -0.15) is 4.73 Å². The summed E-state index contributed by atoms with van der Waals surface area (Å²) in [5.41, 5.74) is 3.06. The van der Waals surface area contributed by atoms with Gasteiger partial charge in [-0.1, -0.05) is 29.8 Å². The summed E-state index contributed by atoms with van der Waals surface area (Å²) >= 11 is 0. The Bertz CT molecular complexity index is 682. The highest BCUT2D eigenvalue weighted by molar-refractivity contribution is 5.93. The van der Waals surface area contributed by atoms with Crippen molar-refractivity contribution in [3.8, 4) is 0 Å². The second-order valence-electron chi connectivity index (χ2n) is 6.40. The molecule has 0 bridgehead atoms. The highest BCUT2D eigenvalue weighted by atomic mass is 16.5. The molecule has 1 aliphatic heterocycles. The molecule has 0 N–H and O–H groups in total. The quantitative estimate of drug-likeness (QED) is 0.646. The van der Waals surface area contributed by atoms with Gasteiger partial charge < -0.3 is 10.1 Å². The molecule has 1 atom stereocenters. The van der Waals surface area contributed by atoms with E-state index in [-0.39, 0.29) is 5.91 Å². The van der Waals surface area contributed by atoms with E-state index >= 15 is 0 Å². The van der Waals surface area contributed by atoms with Crippen molar-refractivity contribution < 1.29 is 9.52 Å². The van der Waals surface area contributed by atoms with Crippen LogP contribution < -0.4 is 4.73 Å². The lowest BCUT2D eigenvalue weighted by atomic mass is 9.91. The molecule has 1 aliphatic rings. The van der Waals surface area contributed by atoms with Gasteiger partial charge in [-0.15, -0.1) is 0 Å². The van der Waals surface area contributed by atoms with Crippen molar-refractivity contribution in [2.45, 2.75) is 26.2 Å². The Hall–Kier alpha value is -2.36. The fourth-order valence-electron chi connectivity index (χ4n) is 3.24. The van der Waals surface area contributed by atoms with Gasteiger partial charge in [0, 0.05) is 19.2 Å². The second-order valence-corrected chi connectivity index (χ2v) is 6.40. The van der Waals surface area contributed by atoms with Crippen molar-refractivity contribution in [3.05, 3.63) is 70.7 Å². The number of carbonyl (C=O) groups is 1. The van der Waals surface area contributed by atoms with Gasteiger partial charge in [-0.3, -0.25) is 4.79 Å². The predicted octanol–water partition coefficient (Wildman–Crippen LogP) is 2.72. The number of piperidine rings is 1. The first-order chi connectivity index (χ1) is 11.1. The minimum atomic E-state index is -0.0381. The first-order valence-electron chi connectivity index (χ1n) is 8.15. The standard InChI is InChI=1S/C19H22N2O2/c1-15-6-8-16(9-7-15)12-17-4-2-10-20(13-17)19(22)18-5-3-11-21(23)14-18/h3,5-9,11,14,17H,2,4,10,12-13H2,1H3/t17-/m0/s1. The Balaban J connectivity index is 1.66. The number of likely N-dealkylation sites (tertiary alicyclic amines) is 1. The van der Waals surface area contributed by atoms with Gasteiger partial charge in [0.05, 0.1) is 0 Å². The summed E-state index contributed by atoms with van der Waals surface area (Å²) in [4.78, 5) is 14.5. The zero-order chi connectivity index (χ0) is 16.2. The number of aromatic nitrogens is 1. The summed E-state index contributed by atoms with van der Waals surface area (Å²) in [5.74, 6) is 0.447. The van der Waals surface area contributed by atoms with Crippen LogP contribution in [0, 0.1) is 18.0 Å². The van der Waals surface area contributed by atoms with Crippen molar-refractivity contribution in [1.82, 2.24) is 4.90 Å². The molecule has 2 heterocycles. The van der Waals surface area contributed by atoms with Crippen molar-refractivity contribution in [2.24, 2.45) is 5.92 Å². The van der Waals surface area contributed by atoms with E-state index in [1.54, 1.807) is 12.1 Å². The largest absolute Gasteiger partial charge is 0.619 e. The van der Waals surface area contributed by atoms with Crippen molar-refractivity contribution in [2.75, 3.05) is 13.1 Å². The van der Waals surface area contributed by atoms with E-state index < -0.39 is 0 Å². The summed E-state index contributed by atoms with van der Waals surface area (Å²) in [6.07, 6.45) is 5.92. The summed E-state index contributed by atoms with van der Waals surface area (Å²) in [6.45, 7) is 3.63. The molecule has 0 saturated carbocycles. The predicted molar refractivity (Wildman–Crippen MR) is 88.9 cm³/mol. The van der Waals surface area contributed by atoms with Crippen LogP contribution in [0.4, 0.5) is 0 Å². The molecule has 120 valence electrons. The molecule has 0 spiro atoms. The van der Waals surface area contributed by atoms with E-state index in [1.807, 2.05) is 4.90 Å². The normalized spacial score (nSPS) is 18.0. The molecule has 0 aliphatic carbocycles. The number of amides is 1. The number of aryl methyl sites for hydroxylation is 1. The molecule has 3 rings (SSSR count). The highest BCUT2D eigenvalue weighted by Gasteiger charge is 2.25. The van der Waals surface area contributed by atoms with Crippen LogP contribution in [0.1, 0.15) is 34.3 Å². The van der Waals surface area contributed by atoms with E-state index in [2.05, 4.69) is 31.2 Å². The van der Waals surface area contributed by atoms with Gasteiger partial charge in [0.1, 0.15) is 5.56 Å². The van der Waals surface area contributed by atoms with Gasteiger partial charge in [0.15, 0.2) is 12.4 Å². The average Bonchev–Trinajstić information content (AvgIpc) is 2.56. The number of hydrogen-bond acceptors (Lipinski definition) is 2. The molecule has 23 heavy (non-hydrogen) atoms. The topological polar surface area (TPSA) is 47.2 Å². The van der Waals surface area contributed by atoms with Crippen LogP contribution in [0.2, 0.25) is 0 Å². The zero-order valence-electron chi connectivity index (χ0n) is 13.4. The Morgan fingerprint density at radius 2 is 2.09 bits per heavy atom. The number of pyridine rings is 1. The van der Waals surface area contributed by atoms with E-state index in [9.17, 15) is 10.0 Å². The molecule has 1 aromatic heterocycles. The van der Waals surface area contributed by atoms with Crippen LogP contribution in [0.15, 0.2) is 48.8 Å². The van der Waals surface area contributed by atoms with Gasteiger partial charge in [0.2, 0.25) is 0 Å². The van der Waals surface area contributed by atoms with Crippen molar-refractivity contribution >= 4 is 5.91 Å². The lowest BCUT2D eigenvalue weighted by Gasteiger charge is -2.32. The monoisotopic (exact) mass is 310 g/mol. The van der Waals surface area contributed by atoms with Crippen LogP contribution in [-0.4, -0.2) is 23.9 Å². The van der Waals surface area contributed by atoms with Crippen LogP contribution in [0.25, 0.3) is 0 Å². The second kappa shape index (κ2) is 6.82. The van der Waals surface area contributed by atoms with Crippen molar-refractivity contribution in [3.63, 3.8) is 0 Å². The fourth-order valence-corrected chi connectivity index (χ4v) is 3.24. The minimum Gasteiger partial charge on any atom is -0.619 e. The zero-order valence-corrected chi connectivity index (χ0v) is 13.4. The molecule has 1 amide bonds. The van der Waals surface area contributed by atoms with Crippen molar-refractivity contribution in [1.29, 1.82) is 0 Å². The molecule has 1 aromatic carbocycles. The third kappa shape index (κ3) is 3.89.